The van der Waals surface area contributed by atoms with E-state index < -0.39 is 0 Å². The van der Waals surface area contributed by atoms with Gasteiger partial charge in [0.1, 0.15) is 5.82 Å². The zero-order chi connectivity index (χ0) is 20.5. The number of hydrogen-bond acceptors (Lipinski definition) is 3. The van der Waals surface area contributed by atoms with Crippen molar-refractivity contribution in [1.82, 2.24) is 15.5 Å². The predicted octanol–water partition coefficient (Wildman–Crippen LogP) is 4.80. The molecule has 0 saturated carbocycles. The Morgan fingerprint density at radius 2 is 1.83 bits per heavy atom. The fraction of sp³-hybridized carbons (Fsp3) is 0.261. The molecule has 1 heterocycles. The summed E-state index contributed by atoms with van der Waals surface area (Å²) in [6, 6.07) is 20.0. The van der Waals surface area contributed by atoms with Gasteiger partial charge in [-0.15, -0.1) is 11.3 Å². The summed E-state index contributed by atoms with van der Waals surface area (Å²) in [5.41, 5.74) is 2.13. The number of nitrogens with zero attached hydrogens (tertiary/aromatic N) is 1. The number of carbonyl (C=O) groups is 1. The van der Waals surface area contributed by atoms with Gasteiger partial charge < -0.3 is 15.5 Å². The molecule has 0 bridgehead atoms. The molecule has 0 spiro atoms. The SMILES string of the molecule is CN(CCCNC(=O)NC(c1ccc(F)cc1)c1cccs1)Cc1ccccc1. The minimum atomic E-state index is -0.295. The van der Waals surface area contributed by atoms with Gasteiger partial charge in [-0.1, -0.05) is 48.5 Å². The molecule has 0 aliphatic rings. The molecule has 1 aromatic heterocycles. The molecule has 4 nitrogen and oxygen atoms in total. The molecule has 29 heavy (non-hydrogen) atoms. The highest BCUT2D eigenvalue weighted by Gasteiger charge is 2.17. The highest BCUT2D eigenvalue weighted by atomic mass is 32.1. The fourth-order valence-electron chi connectivity index (χ4n) is 3.14. The van der Waals surface area contributed by atoms with Crippen molar-refractivity contribution in [2.75, 3.05) is 20.1 Å². The monoisotopic (exact) mass is 411 g/mol. The van der Waals surface area contributed by atoms with E-state index in [1.165, 1.54) is 17.7 Å². The van der Waals surface area contributed by atoms with E-state index in [9.17, 15) is 9.18 Å². The zero-order valence-electron chi connectivity index (χ0n) is 16.5. The number of rotatable bonds is 9. The molecule has 0 radical (unpaired) electrons. The fourth-order valence-corrected chi connectivity index (χ4v) is 3.94. The van der Waals surface area contributed by atoms with Crippen LogP contribution in [0.2, 0.25) is 0 Å². The van der Waals surface area contributed by atoms with E-state index in [0.29, 0.717) is 6.54 Å². The molecular weight excluding hydrogens is 385 g/mol. The van der Waals surface area contributed by atoms with Crippen molar-refractivity contribution in [3.63, 3.8) is 0 Å². The van der Waals surface area contributed by atoms with Gasteiger partial charge in [-0.3, -0.25) is 0 Å². The molecule has 0 fully saturated rings. The van der Waals surface area contributed by atoms with E-state index >= 15 is 0 Å². The summed E-state index contributed by atoms with van der Waals surface area (Å²) >= 11 is 1.56. The smallest absolute Gasteiger partial charge is 0.315 e. The Morgan fingerprint density at radius 3 is 2.52 bits per heavy atom. The van der Waals surface area contributed by atoms with Gasteiger partial charge >= 0.3 is 6.03 Å². The number of urea groups is 1. The number of thiophene rings is 1. The van der Waals surface area contributed by atoms with Crippen molar-refractivity contribution in [2.45, 2.75) is 19.0 Å². The minimum absolute atomic E-state index is 0.224. The lowest BCUT2D eigenvalue weighted by Gasteiger charge is -2.19. The van der Waals surface area contributed by atoms with Gasteiger partial charge in [-0.2, -0.15) is 0 Å². The Balaban J connectivity index is 1.46. The summed E-state index contributed by atoms with van der Waals surface area (Å²) in [6.07, 6.45) is 0.858. The number of amides is 2. The summed E-state index contributed by atoms with van der Waals surface area (Å²) in [5, 5.41) is 7.90. The second-order valence-electron chi connectivity index (χ2n) is 6.98. The molecular formula is C23H26FN3OS. The Bertz CT molecular complexity index is 869. The molecule has 152 valence electrons. The first-order valence-electron chi connectivity index (χ1n) is 9.67. The van der Waals surface area contributed by atoms with Crippen LogP contribution in [0.4, 0.5) is 9.18 Å². The maximum absolute atomic E-state index is 13.3. The van der Waals surface area contributed by atoms with Crippen LogP contribution >= 0.6 is 11.3 Å². The summed E-state index contributed by atoms with van der Waals surface area (Å²) in [7, 11) is 2.08. The second kappa shape index (κ2) is 10.7. The molecule has 1 unspecified atom stereocenters. The van der Waals surface area contributed by atoms with Crippen LogP contribution in [0.1, 0.15) is 28.5 Å². The number of halogens is 1. The molecule has 2 N–H and O–H groups in total. The number of carbonyl (C=O) groups excluding carboxylic acids is 1. The average Bonchev–Trinajstić information content (AvgIpc) is 3.25. The van der Waals surface area contributed by atoms with Gasteiger partial charge in [0, 0.05) is 18.0 Å². The van der Waals surface area contributed by atoms with Crippen LogP contribution in [-0.2, 0) is 6.54 Å². The highest BCUT2D eigenvalue weighted by molar-refractivity contribution is 7.10. The molecule has 0 aliphatic heterocycles. The highest BCUT2D eigenvalue weighted by Crippen LogP contribution is 2.26. The first kappa shape index (κ1) is 21.0. The first-order chi connectivity index (χ1) is 14.1. The third kappa shape index (κ3) is 6.69. The number of nitrogens with one attached hydrogen (secondary N) is 2. The maximum Gasteiger partial charge on any atom is 0.315 e. The molecule has 3 rings (SSSR count). The van der Waals surface area contributed by atoms with Crippen LogP contribution in [0, 0.1) is 5.82 Å². The van der Waals surface area contributed by atoms with E-state index in [4.69, 9.17) is 0 Å². The van der Waals surface area contributed by atoms with Crippen LogP contribution in [0.3, 0.4) is 0 Å². The van der Waals surface area contributed by atoms with Gasteiger partial charge in [0.25, 0.3) is 0 Å². The Kier molecular flexibility index (Phi) is 7.78. The lowest BCUT2D eigenvalue weighted by Crippen LogP contribution is -2.39. The third-order valence-corrected chi connectivity index (χ3v) is 5.54. The second-order valence-corrected chi connectivity index (χ2v) is 7.96. The van der Waals surface area contributed by atoms with Crippen LogP contribution in [0.5, 0.6) is 0 Å². The lowest BCUT2D eigenvalue weighted by molar-refractivity contribution is 0.237. The Labute approximate surface area is 175 Å². The largest absolute Gasteiger partial charge is 0.338 e. The molecule has 3 aromatic rings. The molecule has 0 saturated heterocycles. The zero-order valence-corrected chi connectivity index (χ0v) is 17.3. The van der Waals surface area contributed by atoms with Crippen molar-refractivity contribution in [3.05, 3.63) is 93.9 Å². The third-order valence-electron chi connectivity index (χ3n) is 4.60. The number of hydrogen-bond donors (Lipinski definition) is 2. The first-order valence-corrected chi connectivity index (χ1v) is 10.6. The summed E-state index contributed by atoms with van der Waals surface area (Å²) < 4.78 is 13.3. The van der Waals surface area contributed by atoms with Crippen LogP contribution < -0.4 is 10.6 Å². The van der Waals surface area contributed by atoms with Gasteiger partial charge in [-0.05, 0) is 54.7 Å². The van der Waals surface area contributed by atoms with Crippen molar-refractivity contribution in [3.8, 4) is 0 Å². The maximum atomic E-state index is 13.3. The van der Waals surface area contributed by atoms with Crippen molar-refractivity contribution in [1.29, 1.82) is 0 Å². The summed E-state index contributed by atoms with van der Waals surface area (Å²) in [6.45, 7) is 2.37. The van der Waals surface area contributed by atoms with Crippen LogP contribution in [-0.4, -0.2) is 31.1 Å². The van der Waals surface area contributed by atoms with Gasteiger partial charge in [-0.25, -0.2) is 9.18 Å². The Morgan fingerprint density at radius 1 is 1.07 bits per heavy atom. The van der Waals surface area contributed by atoms with Gasteiger partial charge in [0.15, 0.2) is 0 Å². The van der Waals surface area contributed by atoms with E-state index in [1.54, 1.807) is 23.5 Å². The van der Waals surface area contributed by atoms with Gasteiger partial charge in [0.05, 0.1) is 6.04 Å². The van der Waals surface area contributed by atoms with Gasteiger partial charge in [0.2, 0.25) is 0 Å². The number of benzene rings is 2. The van der Waals surface area contributed by atoms with Crippen LogP contribution in [0.15, 0.2) is 72.1 Å². The standard InChI is InChI=1S/C23H26FN3OS/c1-27(17-18-7-3-2-4-8-18)15-6-14-25-23(28)26-22(21-9-5-16-29-21)19-10-12-20(24)13-11-19/h2-5,7-13,16,22H,6,14-15,17H2,1H3,(H2,25,26,28). The van der Waals surface area contributed by atoms with Crippen molar-refractivity contribution >= 4 is 17.4 Å². The van der Waals surface area contributed by atoms with E-state index in [2.05, 4.69) is 34.7 Å². The topological polar surface area (TPSA) is 44.4 Å². The molecule has 2 amide bonds. The average molecular weight is 412 g/mol. The quantitative estimate of drug-likeness (QED) is 0.497. The summed E-state index contributed by atoms with van der Waals surface area (Å²) in [4.78, 5) is 15.7. The predicted molar refractivity (Wildman–Crippen MR) is 116 cm³/mol. The van der Waals surface area contributed by atoms with E-state index in [-0.39, 0.29) is 17.9 Å². The molecule has 6 heteroatoms. The molecule has 1 atom stereocenters. The Hall–Kier alpha value is -2.70. The minimum Gasteiger partial charge on any atom is -0.338 e. The molecule has 2 aromatic carbocycles. The molecule has 0 aliphatic carbocycles. The van der Waals surface area contributed by atoms with E-state index in [0.717, 1.165) is 30.0 Å². The normalized spacial score (nSPS) is 12.0. The summed E-state index contributed by atoms with van der Waals surface area (Å²) in [5.74, 6) is -0.289. The van der Waals surface area contributed by atoms with Crippen molar-refractivity contribution in [2.24, 2.45) is 0 Å². The van der Waals surface area contributed by atoms with Crippen molar-refractivity contribution < 1.29 is 9.18 Å². The van der Waals surface area contributed by atoms with E-state index in [1.807, 2.05) is 35.7 Å². The van der Waals surface area contributed by atoms with Crippen LogP contribution in [0.25, 0.3) is 0 Å². The lowest BCUT2D eigenvalue weighted by atomic mass is 10.1.